The van der Waals surface area contributed by atoms with Crippen molar-refractivity contribution in [3.8, 4) is 0 Å². The van der Waals surface area contributed by atoms with Crippen molar-refractivity contribution in [3.63, 3.8) is 0 Å². The molecule has 0 spiro atoms. The van der Waals surface area contributed by atoms with Crippen molar-refractivity contribution in [3.05, 3.63) is 18.7 Å². The largest absolute Gasteiger partial charge is 0.406 e. The molecule has 0 aliphatic heterocycles. The number of nitrogens with zero attached hydrogens (tertiary/aromatic N) is 5. The molecule has 0 bridgehead atoms. The number of fused-ring (bicyclic) bond motifs is 1. The van der Waals surface area contributed by atoms with Gasteiger partial charge in [0.1, 0.15) is 17.7 Å². The zero-order valence-electron chi connectivity index (χ0n) is 21.9. The van der Waals surface area contributed by atoms with Gasteiger partial charge in [0.25, 0.3) is 0 Å². The van der Waals surface area contributed by atoms with Crippen LogP contribution in [-0.2, 0) is 0 Å². The van der Waals surface area contributed by atoms with E-state index >= 15 is 0 Å². The van der Waals surface area contributed by atoms with Crippen LogP contribution in [0.3, 0.4) is 0 Å². The molecular formula is C24H45N5Si2. The predicted molar refractivity (Wildman–Crippen MR) is 140 cm³/mol. The minimum absolute atomic E-state index is 0.597. The van der Waals surface area contributed by atoms with Crippen molar-refractivity contribution in [1.29, 1.82) is 0 Å². The van der Waals surface area contributed by atoms with Crippen molar-refractivity contribution in [2.75, 3.05) is 4.23 Å². The molecule has 0 unspecified atom stereocenters. The molecule has 0 saturated carbocycles. The van der Waals surface area contributed by atoms with Gasteiger partial charge in [-0.1, -0.05) is 83.1 Å². The molecule has 174 valence electrons. The molecule has 0 atom stereocenters. The normalized spacial score (nSPS) is 13.6. The van der Waals surface area contributed by atoms with E-state index in [0.29, 0.717) is 38.9 Å². The highest BCUT2D eigenvalue weighted by Gasteiger charge is 2.60. The van der Waals surface area contributed by atoms with Gasteiger partial charge >= 0.3 is 0 Å². The molecule has 0 fully saturated rings. The molecule has 2 heterocycles. The topological polar surface area (TPSA) is 54.8 Å². The van der Waals surface area contributed by atoms with Gasteiger partial charge in [0, 0.05) is 0 Å². The summed E-state index contributed by atoms with van der Waals surface area (Å²) in [4.78, 5) is 18.6. The molecular weight excluding hydrogens is 414 g/mol. The van der Waals surface area contributed by atoms with Crippen LogP contribution < -0.4 is 4.23 Å². The summed E-state index contributed by atoms with van der Waals surface area (Å²) in [6.45, 7) is 29.5. The summed E-state index contributed by atoms with van der Waals surface area (Å²) in [6.07, 6.45) is 5.38. The first-order valence-electron chi connectivity index (χ1n) is 12.1. The summed E-state index contributed by atoms with van der Waals surface area (Å²) in [5, 5.41) is 0. The lowest BCUT2D eigenvalue weighted by Crippen LogP contribution is -2.74. The maximum Gasteiger partial charge on any atom is 0.181 e. The zero-order chi connectivity index (χ0) is 23.7. The third-order valence-corrected chi connectivity index (χ3v) is 23.2. The highest BCUT2D eigenvalue weighted by atomic mass is 28.4. The summed E-state index contributed by atoms with van der Waals surface area (Å²) in [5.74, 6) is 1.06. The van der Waals surface area contributed by atoms with Crippen LogP contribution >= 0.6 is 0 Å². The summed E-state index contributed by atoms with van der Waals surface area (Å²) in [6, 6.07) is 0. The van der Waals surface area contributed by atoms with E-state index in [1.165, 1.54) is 0 Å². The molecule has 0 N–H and O–H groups in total. The molecule has 5 nitrogen and oxygen atoms in total. The number of hydrogen-bond donors (Lipinski definition) is 0. The minimum atomic E-state index is -2.06. The van der Waals surface area contributed by atoms with Gasteiger partial charge in [0.15, 0.2) is 22.1 Å². The monoisotopic (exact) mass is 459 g/mol. The SMILES string of the molecule is CC(C)[Si](C(C)C)(C(C)C)N(c1cnc2ncncc2n1)[Si](C(C)C)(C(C)C)C(C)C. The Morgan fingerprint density at radius 1 is 0.613 bits per heavy atom. The summed E-state index contributed by atoms with van der Waals surface area (Å²) in [5.41, 5.74) is 5.06. The molecule has 0 saturated heterocycles. The number of aromatic nitrogens is 4. The van der Waals surface area contributed by atoms with Crippen LogP contribution in [0.2, 0.25) is 33.2 Å². The van der Waals surface area contributed by atoms with Crippen molar-refractivity contribution >= 4 is 33.5 Å². The van der Waals surface area contributed by atoms with Gasteiger partial charge in [-0.05, 0) is 33.2 Å². The van der Waals surface area contributed by atoms with Crippen molar-refractivity contribution < 1.29 is 0 Å². The Morgan fingerprint density at radius 3 is 1.42 bits per heavy atom. The van der Waals surface area contributed by atoms with Crippen molar-refractivity contribution in [2.24, 2.45) is 0 Å². The lowest BCUT2D eigenvalue weighted by atomic mass is 10.5. The second-order valence-corrected chi connectivity index (χ2v) is 22.8. The number of hydrogen-bond acceptors (Lipinski definition) is 5. The maximum absolute atomic E-state index is 5.21. The van der Waals surface area contributed by atoms with Gasteiger partial charge in [-0.25, -0.2) is 19.9 Å². The quantitative estimate of drug-likeness (QED) is 0.362. The molecule has 0 radical (unpaired) electrons. The third kappa shape index (κ3) is 4.08. The molecule has 2 aromatic rings. The molecule has 7 heteroatoms. The summed E-state index contributed by atoms with van der Waals surface area (Å²) < 4.78 is 2.99. The van der Waals surface area contributed by atoms with E-state index in [4.69, 9.17) is 9.97 Å². The summed E-state index contributed by atoms with van der Waals surface area (Å²) in [7, 11) is -4.11. The van der Waals surface area contributed by atoms with E-state index in [-0.39, 0.29) is 0 Å². The van der Waals surface area contributed by atoms with E-state index in [2.05, 4.69) is 97.3 Å². The van der Waals surface area contributed by atoms with E-state index in [9.17, 15) is 0 Å². The van der Waals surface area contributed by atoms with Crippen molar-refractivity contribution in [1.82, 2.24) is 19.9 Å². The Morgan fingerprint density at radius 2 is 1.03 bits per heavy atom. The highest BCUT2D eigenvalue weighted by molar-refractivity contribution is 7.05. The van der Waals surface area contributed by atoms with Crippen molar-refractivity contribution in [2.45, 2.75) is 116 Å². The maximum atomic E-state index is 5.21. The first kappa shape index (κ1) is 25.9. The van der Waals surface area contributed by atoms with Gasteiger partial charge in [-0.3, -0.25) is 0 Å². The highest BCUT2D eigenvalue weighted by Crippen LogP contribution is 2.54. The van der Waals surface area contributed by atoms with Gasteiger partial charge < -0.3 is 4.23 Å². The van der Waals surface area contributed by atoms with Gasteiger partial charge in [-0.15, -0.1) is 0 Å². The van der Waals surface area contributed by atoms with Crippen LogP contribution in [0, 0.1) is 0 Å². The second-order valence-electron chi connectivity index (χ2n) is 11.0. The first-order valence-corrected chi connectivity index (χ1v) is 16.4. The molecule has 0 amide bonds. The standard InChI is InChI=1S/C24H45N5Si2/c1-16(2)30(17(3)4,18(5)6)29(31(19(7)8,20(9)10)21(11)12)23-14-26-24-22(28-23)13-25-15-27-24/h13-21H,1-12H3. The van der Waals surface area contributed by atoms with E-state index in [1.807, 2.05) is 12.4 Å². The van der Waals surface area contributed by atoms with Crippen LogP contribution in [0.1, 0.15) is 83.1 Å². The number of anilines is 1. The lowest BCUT2D eigenvalue weighted by Gasteiger charge is -2.63. The average Bonchev–Trinajstić information content (AvgIpc) is 2.65. The second kappa shape index (κ2) is 9.65. The van der Waals surface area contributed by atoms with Gasteiger partial charge in [0.2, 0.25) is 0 Å². The molecule has 2 aromatic heterocycles. The van der Waals surface area contributed by atoms with E-state index in [1.54, 1.807) is 6.33 Å². The fraction of sp³-hybridized carbons (Fsp3) is 0.750. The van der Waals surface area contributed by atoms with Crippen LogP contribution in [0.15, 0.2) is 18.7 Å². The van der Waals surface area contributed by atoms with Crippen LogP contribution in [0.5, 0.6) is 0 Å². The van der Waals surface area contributed by atoms with Gasteiger partial charge in [0.05, 0.1) is 12.4 Å². The fourth-order valence-corrected chi connectivity index (χ4v) is 26.6. The zero-order valence-corrected chi connectivity index (χ0v) is 23.9. The summed E-state index contributed by atoms with van der Waals surface area (Å²) >= 11 is 0. The Bertz CT molecular complexity index is 788. The van der Waals surface area contributed by atoms with Gasteiger partial charge in [-0.2, -0.15) is 0 Å². The fourth-order valence-electron chi connectivity index (χ4n) is 7.15. The van der Waals surface area contributed by atoms with E-state index in [0.717, 1.165) is 11.3 Å². The predicted octanol–water partition coefficient (Wildman–Crippen LogP) is 7.58. The molecule has 31 heavy (non-hydrogen) atoms. The number of rotatable bonds is 9. The smallest absolute Gasteiger partial charge is 0.181 e. The molecule has 0 aliphatic rings. The Labute approximate surface area is 192 Å². The molecule has 2 rings (SSSR count). The van der Waals surface area contributed by atoms with E-state index < -0.39 is 16.5 Å². The van der Waals surface area contributed by atoms with Crippen LogP contribution in [0.25, 0.3) is 11.2 Å². The first-order chi connectivity index (χ1) is 14.4. The Kier molecular flexibility index (Phi) is 8.07. The third-order valence-electron chi connectivity index (χ3n) is 7.76. The lowest BCUT2D eigenvalue weighted by molar-refractivity contribution is 0.757. The Hall–Kier alpha value is -1.35. The minimum Gasteiger partial charge on any atom is -0.406 e. The van der Waals surface area contributed by atoms with Crippen LogP contribution in [-0.4, -0.2) is 36.4 Å². The average molecular weight is 460 g/mol. The van der Waals surface area contributed by atoms with Crippen LogP contribution in [0.4, 0.5) is 5.82 Å². The molecule has 0 aliphatic carbocycles. The Balaban J connectivity index is 3.05. The molecule has 0 aromatic carbocycles.